The highest BCUT2D eigenvalue weighted by molar-refractivity contribution is 5.40. The lowest BCUT2D eigenvalue weighted by Crippen LogP contribution is -2.11. The molecule has 1 aromatic carbocycles. The van der Waals surface area contributed by atoms with Crippen LogP contribution in [0.25, 0.3) is 0 Å². The molecule has 0 bridgehead atoms. The summed E-state index contributed by atoms with van der Waals surface area (Å²) in [7, 11) is 0. The van der Waals surface area contributed by atoms with E-state index in [1.807, 2.05) is 31.2 Å². The lowest BCUT2D eigenvalue weighted by atomic mass is 10.3. The normalized spacial score (nSPS) is 10.5. The number of para-hydroxylation sites is 2. The van der Waals surface area contributed by atoms with Crippen molar-refractivity contribution >= 4 is 0 Å². The number of aromatic nitrogens is 1. The molecule has 0 saturated carbocycles. The third kappa shape index (κ3) is 3.99. The molecule has 1 heterocycles. The fourth-order valence-corrected chi connectivity index (χ4v) is 1.63. The Balaban J connectivity index is 2.03. The van der Waals surface area contributed by atoms with E-state index < -0.39 is 0 Å². The van der Waals surface area contributed by atoms with E-state index in [4.69, 9.17) is 13.9 Å². The van der Waals surface area contributed by atoms with Gasteiger partial charge in [-0.3, -0.25) is 0 Å². The third-order valence-electron chi connectivity index (χ3n) is 2.59. The number of oxazole rings is 1. The molecule has 0 aliphatic carbocycles. The molecule has 0 aliphatic heterocycles. The Kier molecular flexibility index (Phi) is 5.43. The number of hydrogen-bond donors (Lipinski definition) is 1. The highest BCUT2D eigenvalue weighted by Gasteiger charge is 2.10. The second-order valence-electron chi connectivity index (χ2n) is 4.28. The van der Waals surface area contributed by atoms with Crippen molar-refractivity contribution in [3.05, 3.63) is 36.2 Å². The summed E-state index contributed by atoms with van der Waals surface area (Å²) in [5, 5.41) is 3.18. The Morgan fingerprint density at radius 3 is 2.75 bits per heavy atom. The summed E-state index contributed by atoms with van der Waals surface area (Å²) in [5.41, 5.74) is 0.814. The van der Waals surface area contributed by atoms with E-state index in [1.54, 1.807) is 6.26 Å². The van der Waals surface area contributed by atoms with Gasteiger partial charge in [0.15, 0.2) is 11.5 Å². The second-order valence-corrected chi connectivity index (χ2v) is 4.28. The van der Waals surface area contributed by atoms with Crippen LogP contribution in [0.15, 0.2) is 34.9 Å². The summed E-state index contributed by atoms with van der Waals surface area (Å²) in [6.07, 6.45) is 2.76. The number of nitrogens with zero attached hydrogens (tertiary/aromatic N) is 1. The Hall–Kier alpha value is -2.01. The molecule has 0 radical (unpaired) electrons. The van der Waals surface area contributed by atoms with E-state index in [0.29, 0.717) is 24.7 Å². The van der Waals surface area contributed by atoms with Crippen LogP contribution < -0.4 is 14.8 Å². The van der Waals surface area contributed by atoms with Gasteiger partial charge >= 0.3 is 6.08 Å². The number of hydrogen-bond acceptors (Lipinski definition) is 5. The molecule has 0 spiro atoms. The highest BCUT2D eigenvalue weighted by Crippen LogP contribution is 2.30. The first-order valence-electron chi connectivity index (χ1n) is 6.88. The molecule has 0 atom stereocenters. The fraction of sp³-hybridized carbons (Fsp3) is 0.400. The summed E-state index contributed by atoms with van der Waals surface area (Å²) in [6, 6.07) is 7.49. The first-order chi connectivity index (χ1) is 9.83. The number of benzene rings is 1. The van der Waals surface area contributed by atoms with Crippen LogP contribution in [0, 0.1) is 0 Å². The van der Waals surface area contributed by atoms with Crippen LogP contribution in [0.3, 0.4) is 0 Å². The van der Waals surface area contributed by atoms with Gasteiger partial charge in [0.25, 0.3) is 0 Å². The minimum Gasteiger partial charge on any atom is -0.490 e. The maximum absolute atomic E-state index is 5.64. The van der Waals surface area contributed by atoms with Crippen LogP contribution in [0.5, 0.6) is 17.6 Å². The van der Waals surface area contributed by atoms with Crippen molar-refractivity contribution < 1.29 is 13.9 Å². The molecule has 0 amide bonds. The van der Waals surface area contributed by atoms with Crippen LogP contribution in [-0.4, -0.2) is 18.1 Å². The molecule has 20 heavy (non-hydrogen) atoms. The van der Waals surface area contributed by atoms with Crippen LogP contribution >= 0.6 is 0 Å². The third-order valence-corrected chi connectivity index (χ3v) is 2.59. The van der Waals surface area contributed by atoms with Crippen LogP contribution in [0.4, 0.5) is 0 Å². The quantitative estimate of drug-likeness (QED) is 0.801. The van der Waals surface area contributed by atoms with Crippen molar-refractivity contribution in [3.8, 4) is 17.6 Å². The molecule has 0 fully saturated rings. The molecule has 1 N–H and O–H groups in total. The van der Waals surface area contributed by atoms with Gasteiger partial charge in [0.2, 0.25) is 0 Å². The van der Waals surface area contributed by atoms with Gasteiger partial charge in [0.05, 0.1) is 12.3 Å². The second kappa shape index (κ2) is 7.55. The summed E-state index contributed by atoms with van der Waals surface area (Å²) in [4.78, 5) is 4.26. The van der Waals surface area contributed by atoms with E-state index in [0.717, 1.165) is 18.7 Å². The molecule has 2 aromatic rings. The van der Waals surface area contributed by atoms with Gasteiger partial charge in [0.1, 0.15) is 6.26 Å². The SMILES string of the molecule is CCCOc1ccccc1Oc1nc(CNCC)co1. The van der Waals surface area contributed by atoms with E-state index in [1.165, 1.54) is 0 Å². The Morgan fingerprint density at radius 1 is 1.20 bits per heavy atom. The van der Waals surface area contributed by atoms with Gasteiger partial charge in [-0.05, 0) is 25.1 Å². The lowest BCUT2D eigenvalue weighted by Gasteiger charge is -2.09. The summed E-state index contributed by atoms with van der Waals surface area (Å²) < 4.78 is 16.6. The zero-order valence-corrected chi connectivity index (χ0v) is 11.9. The topological polar surface area (TPSA) is 56.5 Å². The van der Waals surface area contributed by atoms with Gasteiger partial charge in [-0.15, -0.1) is 0 Å². The van der Waals surface area contributed by atoms with Crippen molar-refractivity contribution in [1.82, 2.24) is 10.3 Å². The Labute approximate surface area is 118 Å². The zero-order chi connectivity index (χ0) is 14.2. The van der Waals surface area contributed by atoms with Gasteiger partial charge in [-0.2, -0.15) is 4.98 Å². The van der Waals surface area contributed by atoms with Crippen molar-refractivity contribution in [2.45, 2.75) is 26.8 Å². The predicted octanol–water partition coefficient (Wildman–Crippen LogP) is 3.37. The first-order valence-corrected chi connectivity index (χ1v) is 6.88. The summed E-state index contributed by atoms with van der Waals surface area (Å²) >= 11 is 0. The van der Waals surface area contributed by atoms with Gasteiger partial charge < -0.3 is 19.2 Å². The molecule has 0 saturated heterocycles. The molecule has 1 aromatic heterocycles. The minimum atomic E-state index is 0.227. The molecule has 2 rings (SSSR count). The molecule has 0 aliphatic rings. The standard InChI is InChI=1S/C15H20N2O3/c1-3-9-18-13-7-5-6-8-14(13)20-15-17-12(11-19-15)10-16-4-2/h5-8,11,16H,3-4,9-10H2,1-2H3. The van der Waals surface area contributed by atoms with E-state index in [-0.39, 0.29) is 6.08 Å². The summed E-state index contributed by atoms with van der Waals surface area (Å²) in [5.74, 6) is 1.30. The van der Waals surface area contributed by atoms with Gasteiger partial charge in [0, 0.05) is 6.54 Å². The molecule has 108 valence electrons. The first kappa shape index (κ1) is 14.4. The van der Waals surface area contributed by atoms with Crippen LogP contribution in [-0.2, 0) is 6.54 Å². The maximum atomic E-state index is 5.64. The lowest BCUT2D eigenvalue weighted by molar-refractivity contribution is 0.280. The molecular formula is C15H20N2O3. The highest BCUT2D eigenvalue weighted by atomic mass is 16.6. The van der Waals surface area contributed by atoms with E-state index in [2.05, 4.69) is 17.2 Å². The fourth-order valence-electron chi connectivity index (χ4n) is 1.63. The zero-order valence-electron chi connectivity index (χ0n) is 11.9. The largest absolute Gasteiger partial charge is 0.490 e. The minimum absolute atomic E-state index is 0.227. The van der Waals surface area contributed by atoms with E-state index in [9.17, 15) is 0 Å². The maximum Gasteiger partial charge on any atom is 0.399 e. The smallest absolute Gasteiger partial charge is 0.399 e. The van der Waals surface area contributed by atoms with Crippen LogP contribution in [0.2, 0.25) is 0 Å². The molecule has 0 unspecified atom stereocenters. The van der Waals surface area contributed by atoms with Crippen molar-refractivity contribution in [2.75, 3.05) is 13.2 Å². The van der Waals surface area contributed by atoms with Crippen molar-refractivity contribution in [2.24, 2.45) is 0 Å². The van der Waals surface area contributed by atoms with Gasteiger partial charge in [-0.1, -0.05) is 26.0 Å². The number of rotatable bonds is 8. The predicted molar refractivity (Wildman–Crippen MR) is 76.2 cm³/mol. The van der Waals surface area contributed by atoms with Crippen molar-refractivity contribution in [3.63, 3.8) is 0 Å². The summed E-state index contributed by atoms with van der Waals surface area (Å²) in [6.45, 7) is 6.30. The average Bonchev–Trinajstić information content (AvgIpc) is 2.92. The van der Waals surface area contributed by atoms with Crippen LogP contribution in [0.1, 0.15) is 26.0 Å². The molecular weight excluding hydrogens is 256 g/mol. The van der Waals surface area contributed by atoms with Crippen molar-refractivity contribution in [1.29, 1.82) is 0 Å². The monoisotopic (exact) mass is 276 g/mol. The number of ether oxygens (including phenoxy) is 2. The van der Waals surface area contributed by atoms with E-state index >= 15 is 0 Å². The molecule has 5 nitrogen and oxygen atoms in total. The number of nitrogens with one attached hydrogen (secondary N) is 1. The van der Waals surface area contributed by atoms with Gasteiger partial charge in [-0.25, -0.2) is 0 Å². The Bertz CT molecular complexity index is 525. The molecule has 5 heteroatoms. The average molecular weight is 276 g/mol. The Morgan fingerprint density at radius 2 is 2.00 bits per heavy atom.